The third-order valence-electron chi connectivity index (χ3n) is 3.55. The van der Waals surface area contributed by atoms with Crippen molar-refractivity contribution in [3.63, 3.8) is 0 Å². The van der Waals surface area contributed by atoms with Crippen molar-refractivity contribution < 1.29 is 0 Å². The molecule has 0 aliphatic heterocycles. The largest absolute Gasteiger partial charge is 0.305 e. The van der Waals surface area contributed by atoms with Gasteiger partial charge in [0.2, 0.25) is 0 Å². The normalized spacial score (nSPS) is 12.7. The number of aromatic nitrogens is 2. The van der Waals surface area contributed by atoms with E-state index >= 15 is 0 Å². The summed E-state index contributed by atoms with van der Waals surface area (Å²) in [5.74, 6) is 0. The van der Waals surface area contributed by atoms with Crippen LogP contribution in [0.5, 0.6) is 0 Å². The van der Waals surface area contributed by atoms with Gasteiger partial charge in [-0.3, -0.25) is 4.68 Å². The van der Waals surface area contributed by atoms with E-state index in [1.165, 1.54) is 16.7 Å². The van der Waals surface area contributed by atoms with Crippen molar-refractivity contribution in [1.29, 1.82) is 0 Å². The summed E-state index contributed by atoms with van der Waals surface area (Å²) in [6, 6.07) is 6.62. The van der Waals surface area contributed by atoms with Gasteiger partial charge < -0.3 is 5.32 Å². The van der Waals surface area contributed by atoms with Crippen LogP contribution >= 0.6 is 11.6 Å². The summed E-state index contributed by atoms with van der Waals surface area (Å²) in [4.78, 5) is 0. The summed E-state index contributed by atoms with van der Waals surface area (Å²) in [6.45, 7) is 10.1. The average Bonchev–Trinajstić information content (AvgIpc) is 2.78. The van der Waals surface area contributed by atoms with Gasteiger partial charge in [-0.25, -0.2) is 0 Å². The molecule has 0 amide bonds. The lowest BCUT2D eigenvalue weighted by Gasteiger charge is -2.22. The molecule has 0 aliphatic carbocycles. The van der Waals surface area contributed by atoms with Crippen LogP contribution in [0.15, 0.2) is 24.4 Å². The fourth-order valence-corrected chi connectivity index (χ4v) is 2.87. The summed E-state index contributed by atoms with van der Waals surface area (Å²) in [5.41, 5.74) is 4.85. The lowest BCUT2D eigenvalue weighted by atomic mass is 9.97. The maximum atomic E-state index is 6.36. The predicted octanol–water partition coefficient (Wildman–Crippen LogP) is 3.87. The first kappa shape index (κ1) is 15.1. The Kier molecular flexibility index (Phi) is 4.84. The van der Waals surface area contributed by atoms with E-state index in [1.807, 2.05) is 4.68 Å². The highest BCUT2D eigenvalue weighted by molar-refractivity contribution is 6.31. The van der Waals surface area contributed by atoms with Crippen LogP contribution in [-0.2, 0) is 6.54 Å². The van der Waals surface area contributed by atoms with Gasteiger partial charge in [-0.15, -0.1) is 0 Å². The smallest absolute Gasteiger partial charge is 0.0837 e. The van der Waals surface area contributed by atoms with Crippen LogP contribution in [0.3, 0.4) is 0 Å². The molecule has 0 radical (unpaired) electrons. The number of rotatable bonds is 5. The van der Waals surface area contributed by atoms with Crippen LogP contribution in [0.4, 0.5) is 0 Å². The first-order valence-electron chi connectivity index (χ1n) is 7.10. The molecule has 0 saturated carbocycles. The van der Waals surface area contributed by atoms with Gasteiger partial charge in [0.25, 0.3) is 0 Å². The molecular formula is C16H22ClN3. The van der Waals surface area contributed by atoms with E-state index in [9.17, 15) is 0 Å². The Morgan fingerprint density at radius 2 is 2.05 bits per heavy atom. The first-order valence-corrected chi connectivity index (χ1v) is 7.48. The molecule has 20 heavy (non-hydrogen) atoms. The molecule has 1 aromatic carbocycles. The van der Waals surface area contributed by atoms with Gasteiger partial charge in [0, 0.05) is 6.54 Å². The number of nitrogens with zero attached hydrogens (tertiary/aromatic N) is 2. The van der Waals surface area contributed by atoms with Crippen molar-refractivity contribution in [3.05, 3.63) is 51.8 Å². The Balaban J connectivity index is 2.53. The number of halogens is 1. The third kappa shape index (κ3) is 2.89. The van der Waals surface area contributed by atoms with Crippen molar-refractivity contribution in [2.75, 3.05) is 6.54 Å². The van der Waals surface area contributed by atoms with Crippen LogP contribution in [0.25, 0.3) is 0 Å². The van der Waals surface area contributed by atoms with Crippen molar-refractivity contribution in [2.24, 2.45) is 0 Å². The van der Waals surface area contributed by atoms with Crippen molar-refractivity contribution in [3.8, 4) is 0 Å². The van der Waals surface area contributed by atoms with Crippen molar-refractivity contribution in [1.82, 2.24) is 15.1 Å². The SMILES string of the molecule is CCNC(c1ccc(C)cc1C)c1c(Cl)cnn1CC. The average molecular weight is 292 g/mol. The van der Waals surface area contributed by atoms with Gasteiger partial charge in [-0.1, -0.05) is 42.3 Å². The molecule has 0 spiro atoms. The number of benzene rings is 1. The molecule has 4 heteroatoms. The zero-order chi connectivity index (χ0) is 14.7. The number of aryl methyl sites for hydroxylation is 3. The number of nitrogens with one attached hydrogen (secondary N) is 1. The summed E-state index contributed by atoms with van der Waals surface area (Å²) in [7, 11) is 0. The lowest BCUT2D eigenvalue weighted by molar-refractivity contribution is 0.541. The molecule has 2 aromatic rings. The number of hydrogen-bond donors (Lipinski definition) is 1. The van der Waals surface area contributed by atoms with Crippen molar-refractivity contribution in [2.45, 2.75) is 40.3 Å². The topological polar surface area (TPSA) is 29.9 Å². The molecule has 1 N–H and O–H groups in total. The zero-order valence-electron chi connectivity index (χ0n) is 12.6. The van der Waals surface area contributed by atoms with Crippen LogP contribution in [0.2, 0.25) is 5.02 Å². The van der Waals surface area contributed by atoms with E-state index in [4.69, 9.17) is 11.6 Å². The standard InChI is InChI=1S/C16H22ClN3/c1-5-18-15(13-8-7-11(3)9-12(13)4)16-14(17)10-19-20(16)6-2/h7-10,15,18H,5-6H2,1-4H3. The van der Waals surface area contributed by atoms with Gasteiger partial charge in [-0.05, 0) is 38.4 Å². The summed E-state index contributed by atoms with van der Waals surface area (Å²) in [5, 5.41) is 8.61. The lowest BCUT2D eigenvalue weighted by Crippen LogP contribution is -2.25. The van der Waals surface area contributed by atoms with E-state index in [1.54, 1.807) is 6.20 Å². The van der Waals surface area contributed by atoms with Crippen LogP contribution in [-0.4, -0.2) is 16.3 Å². The highest BCUT2D eigenvalue weighted by atomic mass is 35.5. The van der Waals surface area contributed by atoms with E-state index in [2.05, 4.69) is 56.3 Å². The molecule has 0 bridgehead atoms. The van der Waals surface area contributed by atoms with Gasteiger partial charge >= 0.3 is 0 Å². The molecule has 0 aliphatic rings. The molecule has 2 rings (SSSR count). The number of hydrogen-bond acceptors (Lipinski definition) is 2. The minimum absolute atomic E-state index is 0.0792. The molecule has 1 atom stereocenters. The van der Waals surface area contributed by atoms with Crippen LogP contribution < -0.4 is 5.32 Å². The van der Waals surface area contributed by atoms with E-state index in [0.29, 0.717) is 0 Å². The van der Waals surface area contributed by atoms with Gasteiger partial charge in [0.05, 0.1) is 23.0 Å². The van der Waals surface area contributed by atoms with Crippen molar-refractivity contribution >= 4 is 11.6 Å². The maximum absolute atomic E-state index is 6.36. The fraction of sp³-hybridized carbons (Fsp3) is 0.438. The molecule has 1 heterocycles. The Morgan fingerprint density at radius 3 is 2.65 bits per heavy atom. The third-order valence-corrected chi connectivity index (χ3v) is 3.84. The minimum Gasteiger partial charge on any atom is -0.305 e. The second-order valence-electron chi connectivity index (χ2n) is 5.04. The van der Waals surface area contributed by atoms with Gasteiger partial charge in [-0.2, -0.15) is 5.10 Å². The molecule has 1 aromatic heterocycles. The molecule has 108 valence electrons. The first-order chi connectivity index (χ1) is 9.58. The summed E-state index contributed by atoms with van der Waals surface area (Å²) >= 11 is 6.36. The maximum Gasteiger partial charge on any atom is 0.0837 e. The summed E-state index contributed by atoms with van der Waals surface area (Å²) < 4.78 is 1.97. The minimum atomic E-state index is 0.0792. The van der Waals surface area contributed by atoms with Crippen LogP contribution in [0.1, 0.15) is 42.3 Å². The Hall–Kier alpha value is -1.32. The van der Waals surface area contributed by atoms with E-state index in [0.717, 1.165) is 23.8 Å². The van der Waals surface area contributed by atoms with E-state index in [-0.39, 0.29) is 6.04 Å². The predicted molar refractivity (Wildman–Crippen MR) is 84.3 cm³/mol. The monoisotopic (exact) mass is 291 g/mol. The highest BCUT2D eigenvalue weighted by Crippen LogP contribution is 2.30. The van der Waals surface area contributed by atoms with Crippen LogP contribution in [0, 0.1) is 13.8 Å². The molecule has 1 unspecified atom stereocenters. The second-order valence-corrected chi connectivity index (χ2v) is 5.45. The Morgan fingerprint density at radius 1 is 1.30 bits per heavy atom. The van der Waals surface area contributed by atoms with Gasteiger partial charge in [0.15, 0.2) is 0 Å². The molecule has 3 nitrogen and oxygen atoms in total. The van der Waals surface area contributed by atoms with E-state index < -0.39 is 0 Å². The quantitative estimate of drug-likeness (QED) is 0.906. The molecular weight excluding hydrogens is 270 g/mol. The Labute approximate surface area is 126 Å². The fourth-order valence-electron chi connectivity index (χ4n) is 2.62. The highest BCUT2D eigenvalue weighted by Gasteiger charge is 2.22. The molecule has 0 fully saturated rings. The second kappa shape index (κ2) is 6.42. The zero-order valence-corrected chi connectivity index (χ0v) is 13.3. The van der Waals surface area contributed by atoms with Gasteiger partial charge in [0.1, 0.15) is 0 Å². The Bertz CT molecular complexity index is 589. The molecule has 0 saturated heterocycles. The summed E-state index contributed by atoms with van der Waals surface area (Å²) in [6.07, 6.45) is 1.73.